The van der Waals surface area contributed by atoms with Crippen LogP contribution in [0.4, 0.5) is 18.9 Å². The van der Waals surface area contributed by atoms with Crippen molar-refractivity contribution in [1.29, 1.82) is 0 Å². The minimum absolute atomic E-state index is 0.164. The Morgan fingerprint density at radius 3 is 2.46 bits per heavy atom. The molecule has 1 fully saturated rings. The van der Waals surface area contributed by atoms with Gasteiger partial charge in [-0.3, -0.25) is 4.99 Å². The van der Waals surface area contributed by atoms with Gasteiger partial charge in [-0.2, -0.15) is 13.2 Å². The third-order valence-electron chi connectivity index (χ3n) is 3.91. The monoisotopic (exact) mass is 344 g/mol. The Hall–Kier alpha value is -2.12. The second kappa shape index (κ2) is 8.12. The summed E-state index contributed by atoms with van der Waals surface area (Å²) in [7, 11) is 3.23. The maximum Gasteiger partial charge on any atom is 0.390 e. The van der Waals surface area contributed by atoms with Crippen molar-refractivity contribution in [2.75, 3.05) is 51.8 Å². The number of para-hydroxylation sites is 2. The van der Waals surface area contributed by atoms with E-state index in [9.17, 15) is 13.2 Å². The van der Waals surface area contributed by atoms with E-state index in [2.05, 4.69) is 15.2 Å². The Bertz CT molecular complexity index is 554. The number of benzene rings is 1. The summed E-state index contributed by atoms with van der Waals surface area (Å²) in [5, 5.41) is 2.79. The second-order valence-electron chi connectivity index (χ2n) is 5.49. The minimum atomic E-state index is -4.16. The lowest BCUT2D eigenvalue weighted by Gasteiger charge is -2.38. The zero-order chi connectivity index (χ0) is 17.6. The molecule has 1 saturated heterocycles. The van der Waals surface area contributed by atoms with Crippen LogP contribution >= 0.6 is 0 Å². The SMILES string of the molecule is CN=C(NCCC(F)(F)F)N1CCN(c2ccccc2OC)CC1. The van der Waals surface area contributed by atoms with Gasteiger partial charge < -0.3 is 19.9 Å². The first-order chi connectivity index (χ1) is 11.4. The number of piperazine rings is 1. The fraction of sp³-hybridized carbons (Fsp3) is 0.562. The fourth-order valence-electron chi connectivity index (χ4n) is 2.70. The molecular weight excluding hydrogens is 321 g/mol. The smallest absolute Gasteiger partial charge is 0.390 e. The molecule has 0 atom stereocenters. The zero-order valence-electron chi connectivity index (χ0n) is 13.9. The maximum atomic E-state index is 12.3. The molecule has 134 valence electrons. The summed E-state index contributed by atoms with van der Waals surface area (Å²) in [4.78, 5) is 8.26. The summed E-state index contributed by atoms with van der Waals surface area (Å²) in [6.07, 6.45) is -5.03. The van der Waals surface area contributed by atoms with Crippen LogP contribution in [-0.2, 0) is 0 Å². The third-order valence-corrected chi connectivity index (χ3v) is 3.91. The number of methoxy groups -OCH3 is 1. The van der Waals surface area contributed by atoms with Gasteiger partial charge in [0, 0.05) is 39.8 Å². The summed E-state index contributed by atoms with van der Waals surface area (Å²) < 4.78 is 42.1. The van der Waals surface area contributed by atoms with Gasteiger partial charge in [-0.15, -0.1) is 0 Å². The molecule has 5 nitrogen and oxygen atoms in total. The van der Waals surface area contributed by atoms with E-state index in [0.29, 0.717) is 19.0 Å². The number of aliphatic imine (C=N–C) groups is 1. The van der Waals surface area contributed by atoms with Gasteiger partial charge in [-0.05, 0) is 12.1 Å². The Morgan fingerprint density at radius 2 is 1.88 bits per heavy atom. The Balaban J connectivity index is 1.89. The first-order valence-electron chi connectivity index (χ1n) is 7.85. The summed E-state index contributed by atoms with van der Waals surface area (Å²) in [5.74, 6) is 1.33. The maximum absolute atomic E-state index is 12.3. The van der Waals surface area contributed by atoms with E-state index in [1.807, 2.05) is 29.2 Å². The van der Waals surface area contributed by atoms with Gasteiger partial charge in [0.05, 0.1) is 19.2 Å². The van der Waals surface area contributed by atoms with Crippen molar-refractivity contribution >= 4 is 11.6 Å². The summed E-state index contributed by atoms with van der Waals surface area (Å²) in [6.45, 7) is 2.71. The highest BCUT2D eigenvalue weighted by molar-refractivity contribution is 5.80. The summed E-state index contributed by atoms with van der Waals surface area (Å²) in [6, 6.07) is 7.80. The highest BCUT2D eigenvalue weighted by Gasteiger charge is 2.27. The number of hydrogen-bond donors (Lipinski definition) is 1. The minimum Gasteiger partial charge on any atom is -0.495 e. The van der Waals surface area contributed by atoms with E-state index >= 15 is 0 Å². The van der Waals surface area contributed by atoms with Crippen LogP contribution in [0.2, 0.25) is 0 Å². The average Bonchev–Trinajstić information content (AvgIpc) is 2.58. The normalized spacial score (nSPS) is 16.3. The number of guanidine groups is 1. The van der Waals surface area contributed by atoms with Crippen LogP contribution in [0.1, 0.15) is 6.42 Å². The zero-order valence-corrected chi connectivity index (χ0v) is 13.9. The third kappa shape index (κ3) is 4.94. The number of anilines is 1. The van der Waals surface area contributed by atoms with E-state index in [1.54, 1.807) is 14.2 Å². The molecular formula is C16H23F3N4O. The summed E-state index contributed by atoms with van der Waals surface area (Å²) in [5.41, 5.74) is 1.03. The number of halogens is 3. The highest BCUT2D eigenvalue weighted by atomic mass is 19.4. The molecule has 1 N–H and O–H groups in total. The molecule has 0 aromatic heterocycles. The van der Waals surface area contributed by atoms with E-state index in [1.165, 1.54) is 0 Å². The number of hydrogen-bond acceptors (Lipinski definition) is 3. The van der Waals surface area contributed by atoms with E-state index in [4.69, 9.17) is 4.74 Å². The molecule has 0 radical (unpaired) electrons. The highest BCUT2D eigenvalue weighted by Crippen LogP contribution is 2.28. The van der Waals surface area contributed by atoms with Gasteiger partial charge in [0.1, 0.15) is 5.75 Å². The molecule has 1 aromatic rings. The van der Waals surface area contributed by atoms with E-state index in [0.717, 1.165) is 24.5 Å². The largest absolute Gasteiger partial charge is 0.495 e. The van der Waals surface area contributed by atoms with Crippen molar-refractivity contribution in [1.82, 2.24) is 10.2 Å². The lowest BCUT2D eigenvalue weighted by Crippen LogP contribution is -2.53. The second-order valence-corrected chi connectivity index (χ2v) is 5.49. The van der Waals surface area contributed by atoms with Crippen LogP contribution in [-0.4, -0.2) is 63.9 Å². The molecule has 1 aliphatic rings. The first kappa shape index (κ1) is 18.2. The van der Waals surface area contributed by atoms with Crippen molar-refractivity contribution < 1.29 is 17.9 Å². The van der Waals surface area contributed by atoms with Gasteiger partial charge in [-0.25, -0.2) is 0 Å². The van der Waals surface area contributed by atoms with Crippen LogP contribution in [0.3, 0.4) is 0 Å². The fourth-order valence-corrected chi connectivity index (χ4v) is 2.70. The molecule has 0 aliphatic carbocycles. The van der Waals surface area contributed by atoms with Gasteiger partial charge in [0.2, 0.25) is 0 Å². The molecule has 2 rings (SSSR count). The summed E-state index contributed by atoms with van der Waals surface area (Å²) >= 11 is 0. The van der Waals surface area contributed by atoms with Gasteiger partial charge in [0.15, 0.2) is 5.96 Å². The lowest BCUT2D eigenvalue weighted by atomic mass is 10.2. The van der Waals surface area contributed by atoms with Crippen molar-refractivity contribution in [3.8, 4) is 5.75 Å². The Labute approximate surface area is 140 Å². The Kier molecular flexibility index (Phi) is 6.16. The molecule has 1 aromatic carbocycles. The molecule has 1 heterocycles. The molecule has 0 unspecified atom stereocenters. The number of alkyl halides is 3. The van der Waals surface area contributed by atoms with Gasteiger partial charge in [0.25, 0.3) is 0 Å². The predicted molar refractivity (Wildman–Crippen MR) is 88.8 cm³/mol. The first-order valence-corrected chi connectivity index (χ1v) is 7.85. The van der Waals surface area contributed by atoms with Crippen molar-refractivity contribution in [2.45, 2.75) is 12.6 Å². The standard InChI is InChI=1S/C16H23F3N4O/c1-20-15(21-8-7-16(17,18)19)23-11-9-22(10-12-23)13-5-3-4-6-14(13)24-2/h3-6H,7-12H2,1-2H3,(H,20,21). The van der Waals surface area contributed by atoms with E-state index in [-0.39, 0.29) is 6.54 Å². The van der Waals surface area contributed by atoms with Crippen LogP contribution < -0.4 is 15.0 Å². The molecule has 24 heavy (non-hydrogen) atoms. The molecule has 0 saturated carbocycles. The van der Waals surface area contributed by atoms with Gasteiger partial charge in [-0.1, -0.05) is 12.1 Å². The van der Waals surface area contributed by atoms with E-state index < -0.39 is 12.6 Å². The molecule has 8 heteroatoms. The Morgan fingerprint density at radius 1 is 1.21 bits per heavy atom. The van der Waals surface area contributed by atoms with Crippen molar-refractivity contribution in [3.63, 3.8) is 0 Å². The topological polar surface area (TPSA) is 40.1 Å². The van der Waals surface area contributed by atoms with Crippen LogP contribution in [0.5, 0.6) is 5.75 Å². The lowest BCUT2D eigenvalue weighted by molar-refractivity contribution is -0.132. The van der Waals surface area contributed by atoms with Gasteiger partial charge >= 0.3 is 6.18 Å². The van der Waals surface area contributed by atoms with Crippen LogP contribution in [0, 0.1) is 0 Å². The molecule has 0 amide bonds. The predicted octanol–water partition coefficient (Wildman–Crippen LogP) is 2.34. The van der Waals surface area contributed by atoms with Crippen LogP contribution in [0.25, 0.3) is 0 Å². The van der Waals surface area contributed by atoms with Crippen LogP contribution in [0.15, 0.2) is 29.3 Å². The number of rotatable bonds is 4. The van der Waals surface area contributed by atoms with Crippen molar-refractivity contribution in [3.05, 3.63) is 24.3 Å². The molecule has 1 aliphatic heterocycles. The van der Waals surface area contributed by atoms with Crippen molar-refractivity contribution in [2.24, 2.45) is 4.99 Å². The average molecular weight is 344 g/mol. The number of ether oxygens (including phenoxy) is 1. The quantitative estimate of drug-likeness (QED) is 0.672. The number of nitrogens with one attached hydrogen (secondary N) is 1. The molecule has 0 spiro atoms. The molecule has 0 bridgehead atoms. The number of nitrogens with zero attached hydrogens (tertiary/aromatic N) is 3.